The van der Waals surface area contributed by atoms with E-state index in [0.717, 1.165) is 0 Å². The summed E-state index contributed by atoms with van der Waals surface area (Å²) in [5.74, 6) is 0. The summed E-state index contributed by atoms with van der Waals surface area (Å²) in [4.78, 5) is 14.4. The number of carbonyl (C=O) groups is 1. The summed E-state index contributed by atoms with van der Waals surface area (Å²) in [5, 5.41) is 9.58. The fourth-order valence-corrected chi connectivity index (χ4v) is 3.01. The van der Waals surface area contributed by atoms with Crippen molar-refractivity contribution in [2.75, 3.05) is 4.66 Å². The van der Waals surface area contributed by atoms with Crippen LogP contribution >= 0.6 is 26.0 Å². The lowest BCUT2D eigenvalue weighted by atomic mass is 11.1. The van der Waals surface area contributed by atoms with Crippen LogP contribution in [0.15, 0.2) is 16.6 Å². The van der Waals surface area contributed by atoms with E-state index in [0.29, 0.717) is 4.66 Å². The van der Waals surface area contributed by atoms with Crippen molar-refractivity contribution in [1.29, 1.82) is 0 Å². The third-order valence-electron chi connectivity index (χ3n) is 1.14. The topological polar surface area (TPSA) is 49.7 Å². The predicted octanol–water partition coefficient (Wildman–Crippen LogP) is 2.33. The molecule has 0 radical (unpaired) electrons. The summed E-state index contributed by atoms with van der Waals surface area (Å²) < 4.78 is 0.454. The fourth-order valence-electron chi connectivity index (χ4n) is 0.537. The Bertz CT molecular complexity index is 202. The number of alkyl halides is 1. The number of carboxylic acid groups (broad SMARTS) is 1. The van der Waals surface area contributed by atoms with Gasteiger partial charge in [0, 0.05) is 6.20 Å². The quantitative estimate of drug-likeness (QED) is 0.695. The lowest BCUT2D eigenvalue weighted by molar-refractivity contribution is 0.221. The lowest BCUT2D eigenvalue weighted by Gasteiger charge is -2.19. The largest absolute Gasteiger partial charge is 0.474 e. The molecule has 56 valence electrons. The Morgan fingerprint density at radius 2 is 2.50 bits per heavy atom. The van der Waals surface area contributed by atoms with Crippen molar-refractivity contribution in [1.82, 2.24) is 0 Å². The van der Waals surface area contributed by atoms with Crippen molar-refractivity contribution in [3.05, 3.63) is 11.6 Å². The summed E-state index contributed by atoms with van der Waals surface area (Å²) >= 11 is 3.15. The first-order valence-electron chi connectivity index (χ1n) is 2.51. The van der Waals surface area contributed by atoms with E-state index in [1.54, 1.807) is 5.41 Å². The molecule has 0 aliphatic carbocycles. The molecule has 0 spiro atoms. The first kappa shape index (κ1) is 7.81. The SMILES string of the molecule is O=C(O)S1(CBr)C=CN=C1. The normalized spacial score (nSPS) is 35.7. The Kier molecular flexibility index (Phi) is 2.15. The van der Waals surface area contributed by atoms with E-state index in [1.807, 2.05) is 0 Å². The van der Waals surface area contributed by atoms with E-state index in [2.05, 4.69) is 20.9 Å². The van der Waals surface area contributed by atoms with Crippen LogP contribution < -0.4 is 0 Å². The second kappa shape index (κ2) is 2.75. The molecule has 3 nitrogen and oxygen atoms in total. The van der Waals surface area contributed by atoms with E-state index in [1.165, 1.54) is 11.7 Å². The number of rotatable bonds is 1. The van der Waals surface area contributed by atoms with Crippen LogP contribution in [0.2, 0.25) is 0 Å². The van der Waals surface area contributed by atoms with Crippen LogP contribution in [0.1, 0.15) is 0 Å². The van der Waals surface area contributed by atoms with Crippen LogP contribution in [-0.2, 0) is 0 Å². The maximum absolute atomic E-state index is 10.6. The minimum atomic E-state index is -1.75. The molecule has 1 heterocycles. The number of nitrogens with zero attached hydrogens (tertiary/aromatic N) is 1. The number of hydrogen-bond donors (Lipinski definition) is 1. The van der Waals surface area contributed by atoms with Crippen molar-refractivity contribution in [3.63, 3.8) is 0 Å². The highest BCUT2D eigenvalue weighted by Gasteiger charge is 2.28. The number of halogens is 1. The summed E-state index contributed by atoms with van der Waals surface area (Å²) in [7, 11) is -1.75. The van der Waals surface area contributed by atoms with Gasteiger partial charge in [-0.25, -0.2) is 4.79 Å². The maximum atomic E-state index is 10.6. The van der Waals surface area contributed by atoms with Crippen LogP contribution in [0.3, 0.4) is 0 Å². The van der Waals surface area contributed by atoms with Crippen molar-refractivity contribution < 1.29 is 9.90 Å². The minimum absolute atomic E-state index is 0.454. The maximum Gasteiger partial charge on any atom is 0.356 e. The Morgan fingerprint density at radius 1 is 1.80 bits per heavy atom. The molecule has 0 bridgehead atoms. The van der Waals surface area contributed by atoms with Gasteiger partial charge in [0.2, 0.25) is 0 Å². The molecule has 0 aromatic carbocycles. The van der Waals surface area contributed by atoms with Crippen LogP contribution in [0, 0.1) is 0 Å². The van der Waals surface area contributed by atoms with Gasteiger partial charge in [0.25, 0.3) is 0 Å². The average molecular weight is 224 g/mol. The van der Waals surface area contributed by atoms with E-state index in [4.69, 9.17) is 5.11 Å². The molecule has 1 unspecified atom stereocenters. The smallest absolute Gasteiger partial charge is 0.356 e. The van der Waals surface area contributed by atoms with Crippen molar-refractivity contribution in [2.24, 2.45) is 4.99 Å². The van der Waals surface area contributed by atoms with Gasteiger partial charge in [-0.2, -0.15) is 0 Å². The van der Waals surface area contributed by atoms with Gasteiger partial charge in [-0.05, 0) is 5.41 Å². The molecule has 1 rings (SSSR count). The zero-order chi connectivity index (χ0) is 7.61. The molecular weight excluding hydrogens is 218 g/mol. The third-order valence-corrected chi connectivity index (χ3v) is 5.53. The Balaban J connectivity index is 2.90. The van der Waals surface area contributed by atoms with Gasteiger partial charge >= 0.3 is 5.30 Å². The van der Waals surface area contributed by atoms with Gasteiger partial charge < -0.3 is 5.11 Å². The van der Waals surface area contributed by atoms with Crippen LogP contribution in [-0.4, -0.2) is 20.6 Å². The van der Waals surface area contributed by atoms with Crippen LogP contribution in [0.5, 0.6) is 0 Å². The standard InChI is InChI=1S/C5H6BrNO2S/c6-3-10(5(8)9)2-1-7-4-10/h1-2,4H,3H2,(H,8,9). The van der Waals surface area contributed by atoms with E-state index < -0.39 is 15.3 Å². The van der Waals surface area contributed by atoms with Gasteiger partial charge in [0.15, 0.2) is 0 Å². The average Bonchev–Trinajstić information content (AvgIpc) is 2.35. The van der Waals surface area contributed by atoms with Crippen LogP contribution in [0.4, 0.5) is 4.79 Å². The highest BCUT2D eigenvalue weighted by Crippen LogP contribution is 2.51. The molecule has 5 heteroatoms. The van der Waals surface area contributed by atoms with Gasteiger partial charge in [0.05, 0.1) is 10.2 Å². The fraction of sp³-hybridized carbons (Fsp3) is 0.200. The van der Waals surface area contributed by atoms with Gasteiger partial charge in [-0.1, -0.05) is 26.0 Å². The Labute approximate surface area is 68.3 Å². The molecule has 0 amide bonds. The molecule has 1 aliphatic rings. The second-order valence-corrected chi connectivity index (χ2v) is 5.89. The molecule has 1 atom stereocenters. The first-order chi connectivity index (χ1) is 4.71. The second-order valence-electron chi connectivity index (χ2n) is 1.76. The highest BCUT2D eigenvalue weighted by molar-refractivity contribution is 9.12. The zero-order valence-corrected chi connectivity index (χ0v) is 7.43. The zero-order valence-electron chi connectivity index (χ0n) is 5.03. The van der Waals surface area contributed by atoms with Gasteiger partial charge in [-0.3, -0.25) is 4.99 Å². The molecule has 1 N–H and O–H groups in total. The minimum Gasteiger partial charge on any atom is -0.474 e. The molecular formula is C5H6BrNO2S. The molecule has 10 heavy (non-hydrogen) atoms. The third kappa shape index (κ3) is 1.11. The number of hydrogen-bond acceptors (Lipinski definition) is 2. The first-order valence-corrected chi connectivity index (χ1v) is 5.56. The summed E-state index contributed by atoms with van der Waals surface area (Å²) in [5.41, 5.74) is 1.50. The van der Waals surface area contributed by atoms with Crippen molar-refractivity contribution in [2.45, 2.75) is 0 Å². The summed E-state index contributed by atoms with van der Waals surface area (Å²) in [6.45, 7) is 0. The van der Waals surface area contributed by atoms with E-state index in [-0.39, 0.29) is 0 Å². The molecule has 0 aromatic heterocycles. The van der Waals surface area contributed by atoms with Crippen molar-refractivity contribution in [3.8, 4) is 0 Å². The van der Waals surface area contributed by atoms with E-state index >= 15 is 0 Å². The summed E-state index contributed by atoms with van der Waals surface area (Å²) in [6.07, 6.45) is 1.53. The van der Waals surface area contributed by atoms with Gasteiger partial charge in [-0.15, -0.1) is 0 Å². The van der Waals surface area contributed by atoms with E-state index in [9.17, 15) is 4.79 Å². The van der Waals surface area contributed by atoms with Crippen molar-refractivity contribution >= 4 is 36.8 Å². The molecule has 0 saturated carbocycles. The highest BCUT2D eigenvalue weighted by atomic mass is 79.9. The van der Waals surface area contributed by atoms with Gasteiger partial charge in [0.1, 0.15) is 0 Å². The molecule has 0 fully saturated rings. The molecule has 0 aromatic rings. The predicted molar refractivity (Wildman–Crippen MR) is 47.0 cm³/mol. The molecule has 1 aliphatic heterocycles. The molecule has 0 saturated heterocycles. The monoisotopic (exact) mass is 223 g/mol. The Morgan fingerprint density at radius 3 is 2.70 bits per heavy atom. The number of aliphatic imine (C=N–C) groups is 1. The Hall–Kier alpha value is -0.290. The summed E-state index contributed by atoms with van der Waals surface area (Å²) in [6, 6.07) is 0. The van der Waals surface area contributed by atoms with Crippen LogP contribution in [0.25, 0.3) is 0 Å². The lowest BCUT2D eigenvalue weighted by Crippen LogP contribution is -2.07.